The number of nitrogens with zero attached hydrogens (tertiary/aromatic N) is 2. The molecule has 2 heterocycles. The molecule has 1 aliphatic heterocycles. The van der Waals surface area contributed by atoms with E-state index in [0.29, 0.717) is 11.3 Å². The van der Waals surface area contributed by atoms with Gasteiger partial charge in [0.2, 0.25) is 0 Å². The molecule has 0 atom stereocenters. The number of piperazine rings is 1. The van der Waals surface area contributed by atoms with Crippen LogP contribution in [0.1, 0.15) is 21.7 Å². The molecule has 4 heteroatoms. The molecule has 1 aromatic carbocycles. The van der Waals surface area contributed by atoms with Crippen molar-refractivity contribution in [1.29, 1.82) is 0 Å². The molecule has 1 amide bonds. The molecule has 0 saturated carbocycles. The molecule has 0 unspecified atom stereocenters. The SMILES string of the molecule is Cc1occc1C(=O)N1CCN(CC=Cc2ccccc2)CC1. The van der Waals surface area contributed by atoms with Gasteiger partial charge in [0, 0.05) is 32.7 Å². The van der Waals surface area contributed by atoms with E-state index in [0.717, 1.165) is 32.7 Å². The van der Waals surface area contributed by atoms with Gasteiger partial charge in [0.15, 0.2) is 0 Å². The van der Waals surface area contributed by atoms with Gasteiger partial charge in [0.25, 0.3) is 5.91 Å². The maximum absolute atomic E-state index is 12.4. The van der Waals surface area contributed by atoms with Gasteiger partial charge >= 0.3 is 0 Å². The number of furan rings is 1. The lowest BCUT2D eigenvalue weighted by molar-refractivity contribution is 0.0648. The van der Waals surface area contributed by atoms with E-state index in [2.05, 4.69) is 29.2 Å². The zero-order chi connectivity index (χ0) is 16.1. The van der Waals surface area contributed by atoms with Crippen LogP contribution < -0.4 is 0 Å². The van der Waals surface area contributed by atoms with Crippen molar-refractivity contribution in [2.45, 2.75) is 6.92 Å². The molecular formula is C19H22N2O2. The van der Waals surface area contributed by atoms with Crippen molar-refractivity contribution in [2.75, 3.05) is 32.7 Å². The first kappa shape index (κ1) is 15.6. The Morgan fingerprint density at radius 3 is 2.52 bits per heavy atom. The third-order valence-corrected chi connectivity index (χ3v) is 4.22. The number of hydrogen-bond acceptors (Lipinski definition) is 3. The highest BCUT2D eigenvalue weighted by molar-refractivity contribution is 5.95. The van der Waals surface area contributed by atoms with Crippen molar-refractivity contribution >= 4 is 12.0 Å². The second kappa shape index (κ2) is 7.29. The summed E-state index contributed by atoms with van der Waals surface area (Å²) in [4.78, 5) is 16.7. The fraction of sp³-hybridized carbons (Fsp3) is 0.316. The molecule has 1 fully saturated rings. The van der Waals surface area contributed by atoms with E-state index in [-0.39, 0.29) is 5.91 Å². The molecule has 0 aliphatic carbocycles. The van der Waals surface area contributed by atoms with Crippen LogP contribution in [0.4, 0.5) is 0 Å². The first-order chi connectivity index (χ1) is 11.2. The Morgan fingerprint density at radius 2 is 1.87 bits per heavy atom. The first-order valence-electron chi connectivity index (χ1n) is 8.01. The standard InChI is InChI=1S/C19H22N2O2/c1-16-18(9-15-23-16)19(22)21-13-11-20(12-14-21)10-5-8-17-6-3-2-4-7-17/h2-9,15H,10-14H2,1H3. The van der Waals surface area contributed by atoms with Crippen LogP contribution in [0, 0.1) is 6.92 Å². The third kappa shape index (κ3) is 3.90. The number of carbonyl (C=O) groups excluding carboxylic acids is 1. The molecule has 23 heavy (non-hydrogen) atoms. The highest BCUT2D eigenvalue weighted by Gasteiger charge is 2.23. The monoisotopic (exact) mass is 310 g/mol. The van der Waals surface area contributed by atoms with E-state index >= 15 is 0 Å². The van der Waals surface area contributed by atoms with E-state index in [9.17, 15) is 4.79 Å². The van der Waals surface area contributed by atoms with E-state index in [1.54, 1.807) is 12.3 Å². The van der Waals surface area contributed by atoms with Crippen molar-refractivity contribution in [3.05, 3.63) is 65.6 Å². The molecule has 120 valence electrons. The maximum atomic E-state index is 12.4. The summed E-state index contributed by atoms with van der Waals surface area (Å²) in [6.07, 6.45) is 5.91. The Hall–Kier alpha value is -2.33. The summed E-state index contributed by atoms with van der Waals surface area (Å²) >= 11 is 0. The number of amides is 1. The number of rotatable bonds is 4. The van der Waals surface area contributed by atoms with Crippen LogP contribution in [0.25, 0.3) is 6.08 Å². The van der Waals surface area contributed by atoms with Gasteiger partial charge in [0.1, 0.15) is 5.76 Å². The summed E-state index contributed by atoms with van der Waals surface area (Å²) < 4.78 is 5.23. The Kier molecular flexibility index (Phi) is 4.93. The van der Waals surface area contributed by atoms with Crippen molar-refractivity contribution < 1.29 is 9.21 Å². The van der Waals surface area contributed by atoms with Crippen molar-refractivity contribution in [3.8, 4) is 0 Å². The minimum atomic E-state index is 0.0794. The fourth-order valence-electron chi connectivity index (χ4n) is 2.81. The number of hydrogen-bond donors (Lipinski definition) is 0. The molecule has 3 rings (SSSR count). The highest BCUT2D eigenvalue weighted by Crippen LogP contribution is 2.14. The third-order valence-electron chi connectivity index (χ3n) is 4.22. The van der Waals surface area contributed by atoms with Gasteiger partial charge in [-0.05, 0) is 18.6 Å². The quantitative estimate of drug-likeness (QED) is 0.871. The molecule has 0 N–H and O–H groups in total. The van der Waals surface area contributed by atoms with Crippen LogP contribution in [0.15, 0.2) is 53.2 Å². The van der Waals surface area contributed by atoms with Gasteiger partial charge in [0.05, 0.1) is 11.8 Å². The topological polar surface area (TPSA) is 36.7 Å². The molecule has 1 saturated heterocycles. The van der Waals surface area contributed by atoms with E-state index in [1.165, 1.54) is 5.56 Å². The predicted octanol–water partition coefficient (Wildman–Crippen LogP) is 3.06. The molecule has 4 nitrogen and oxygen atoms in total. The average molecular weight is 310 g/mol. The lowest BCUT2D eigenvalue weighted by atomic mass is 10.2. The van der Waals surface area contributed by atoms with Crippen molar-refractivity contribution in [1.82, 2.24) is 9.80 Å². The summed E-state index contributed by atoms with van der Waals surface area (Å²) in [6.45, 7) is 6.09. The van der Waals surface area contributed by atoms with E-state index in [4.69, 9.17) is 4.42 Å². The normalized spacial score (nSPS) is 16.1. The van der Waals surface area contributed by atoms with Crippen LogP contribution in [0.2, 0.25) is 0 Å². The summed E-state index contributed by atoms with van der Waals surface area (Å²) in [5, 5.41) is 0. The lowest BCUT2D eigenvalue weighted by Crippen LogP contribution is -2.48. The van der Waals surface area contributed by atoms with Crippen molar-refractivity contribution in [2.24, 2.45) is 0 Å². The first-order valence-corrected chi connectivity index (χ1v) is 8.01. The van der Waals surface area contributed by atoms with Gasteiger partial charge in [-0.2, -0.15) is 0 Å². The van der Waals surface area contributed by atoms with Crippen LogP contribution in [0.5, 0.6) is 0 Å². The second-order valence-corrected chi connectivity index (χ2v) is 5.80. The zero-order valence-corrected chi connectivity index (χ0v) is 13.4. The summed E-state index contributed by atoms with van der Waals surface area (Å²) in [7, 11) is 0. The molecule has 0 radical (unpaired) electrons. The second-order valence-electron chi connectivity index (χ2n) is 5.80. The number of benzene rings is 1. The summed E-state index contributed by atoms with van der Waals surface area (Å²) in [5.41, 5.74) is 1.90. The van der Waals surface area contributed by atoms with Gasteiger partial charge < -0.3 is 9.32 Å². The van der Waals surface area contributed by atoms with Gasteiger partial charge in [-0.15, -0.1) is 0 Å². The zero-order valence-electron chi connectivity index (χ0n) is 13.4. The molecule has 0 bridgehead atoms. The van der Waals surface area contributed by atoms with Gasteiger partial charge in [-0.25, -0.2) is 0 Å². The Bertz CT molecular complexity index is 668. The molecule has 1 aliphatic rings. The Morgan fingerprint density at radius 1 is 1.13 bits per heavy atom. The maximum Gasteiger partial charge on any atom is 0.257 e. The largest absolute Gasteiger partial charge is 0.469 e. The minimum Gasteiger partial charge on any atom is -0.469 e. The summed E-state index contributed by atoms with van der Waals surface area (Å²) in [5.74, 6) is 0.777. The average Bonchev–Trinajstić information content (AvgIpc) is 3.02. The van der Waals surface area contributed by atoms with E-state index in [1.807, 2.05) is 30.0 Å². The number of carbonyl (C=O) groups is 1. The Balaban J connectivity index is 1.48. The lowest BCUT2D eigenvalue weighted by Gasteiger charge is -2.34. The molecule has 2 aromatic rings. The van der Waals surface area contributed by atoms with Crippen LogP contribution in [0.3, 0.4) is 0 Å². The number of aryl methyl sites for hydroxylation is 1. The van der Waals surface area contributed by atoms with Crippen LogP contribution in [-0.4, -0.2) is 48.4 Å². The smallest absolute Gasteiger partial charge is 0.257 e. The van der Waals surface area contributed by atoms with Crippen LogP contribution in [-0.2, 0) is 0 Å². The fourth-order valence-corrected chi connectivity index (χ4v) is 2.81. The van der Waals surface area contributed by atoms with E-state index < -0.39 is 0 Å². The molecule has 1 aromatic heterocycles. The van der Waals surface area contributed by atoms with Crippen molar-refractivity contribution in [3.63, 3.8) is 0 Å². The molecule has 0 spiro atoms. The van der Waals surface area contributed by atoms with Crippen LogP contribution >= 0.6 is 0 Å². The summed E-state index contributed by atoms with van der Waals surface area (Å²) in [6, 6.07) is 12.1. The highest BCUT2D eigenvalue weighted by atomic mass is 16.3. The minimum absolute atomic E-state index is 0.0794. The van der Waals surface area contributed by atoms with Gasteiger partial charge in [-0.3, -0.25) is 9.69 Å². The molecular weight excluding hydrogens is 288 g/mol. The van der Waals surface area contributed by atoms with Gasteiger partial charge in [-0.1, -0.05) is 42.5 Å². The predicted molar refractivity (Wildman–Crippen MR) is 91.3 cm³/mol. The Labute approximate surface area is 137 Å².